The van der Waals surface area contributed by atoms with Crippen LogP contribution in [0, 0.1) is 11.7 Å². The van der Waals surface area contributed by atoms with Crippen LogP contribution in [0.5, 0.6) is 0 Å². The fraction of sp³-hybridized carbons (Fsp3) is 0.571. The van der Waals surface area contributed by atoms with Gasteiger partial charge in [0.05, 0.1) is 0 Å². The highest BCUT2D eigenvalue weighted by Crippen LogP contribution is 2.27. The molecular formula is C14H21FN2. The third-order valence-corrected chi connectivity index (χ3v) is 3.53. The van der Waals surface area contributed by atoms with Gasteiger partial charge in [0.25, 0.3) is 0 Å². The average Bonchev–Trinajstić information content (AvgIpc) is 2.33. The predicted octanol–water partition coefficient (Wildman–Crippen LogP) is 2.43. The summed E-state index contributed by atoms with van der Waals surface area (Å²) in [5, 5.41) is 3.35. The molecule has 1 aromatic rings. The van der Waals surface area contributed by atoms with E-state index in [2.05, 4.69) is 5.32 Å². The monoisotopic (exact) mass is 236 g/mol. The molecule has 1 fully saturated rings. The fourth-order valence-corrected chi connectivity index (χ4v) is 2.54. The first-order chi connectivity index (χ1) is 8.18. The van der Waals surface area contributed by atoms with Gasteiger partial charge in [0, 0.05) is 25.3 Å². The Hall–Kier alpha value is -1.09. The Morgan fingerprint density at radius 3 is 2.65 bits per heavy atom. The van der Waals surface area contributed by atoms with Crippen LogP contribution >= 0.6 is 0 Å². The molecular weight excluding hydrogens is 215 g/mol. The summed E-state index contributed by atoms with van der Waals surface area (Å²) in [5.74, 6) is 0.557. The van der Waals surface area contributed by atoms with Gasteiger partial charge in [-0.15, -0.1) is 0 Å². The molecule has 2 nitrogen and oxygen atoms in total. The van der Waals surface area contributed by atoms with Crippen molar-refractivity contribution in [1.29, 1.82) is 0 Å². The third-order valence-electron chi connectivity index (χ3n) is 3.53. The van der Waals surface area contributed by atoms with E-state index < -0.39 is 0 Å². The molecule has 1 aliphatic rings. The molecule has 0 amide bonds. The van der Waals surface area contributed by atoms with Crippen LogP contribution < -0.4 is 10.2 Å². The zero-order valence-corrected chi connectivity index (χ0v) is 10.7. The van der Waals surface area contributed by atoms with Crippen molar-refractivity contribution in [3.63, 3.8) is 0 Å². The van der Waals surface area contributed by atoms with Crippen molar-refractivity contribution in [2.24, 2.45) is 5.92 Å². The van der Waals surface area contributed by atoms with Gasteiger partial charge in [-0.1, -0.05) is 6.07 Å². The SMILES string of the molecule is CN(C)c1cccc(F)c1CC1CCNCC1. The maximum atomic E-state index is 13.9. The molecule has 1 N–H and O–H groups in total. The molecule has 1 heterocycles. The standard InChI is InChI=1S/C14H21FN2/c1-17(2)14-5-3-4-13(15)12(14)10-11-6-8-16-9-7-11/h3-5,11,16H,6-10H2,1-2H3. The molecule has 1 aliphatic heterocycles. The number of piperidine rings is 1. The minimum atomic E-state index is -0.0604. The van der Waals surface area contributed by atoms with Crippen molar-refractivity contribution < 1.29 is 4.39 Å². The van der Waals surface area contributed by atoms with E-state index in [0.717, 1.165) is 43.6 Å². The van der Waals surface area contributed by atoms with Gasteiger partial charge in [0.15, 0.2) is 0 Å². The molecule has 1 aromatic carbocycles. The second kappa shape index (κ2) is 5.50. The summed E-state index contributed by atoms with van der Waals surface area (Å²) in [4.78, 5) is 2.00. The van der Waals surface area contributed by atoms with Gasteiger partial charge in [-0.05, 0) is 50.4 Å². The first-order valence-electron chi connectivity index (χ1n) is 6.34. The Morgan fingerprint density at radius 2 is 2.00 bits per heavy atom. The minimum absolute atomic E-state index is 0.0604. The van der Waals surface area contributed by atoms with E-state index in [1.165, 1.54) is 0 Å². The van der Waals surface area contributed by atoms with Gasteiger partial charge in [0.2, 0.25) is 0 Å². The highest BCUT2D eigenvalue weighted by molar-refractivity contribution is 5.53. The highest BCUT2D eigenvalue weighted by atomic mass is 19.1. The maximum Gasteiger partial charge on any atom is 0.128 e. The fourth-order valence-electron chi connectivity index (χ4n) is 2.54. The number of anilines is 1. The lowest BCUT2D eigenvalue weighted by Gasteiger charge is -2.25. The molecule has 2 rings (SSSR count). The van der Waals surface area contributed by atoms with Gasteiger partial charge >= 0.3 is 0 Å². The van der Waals surface area contributed by atoms with Crippen molar-refractivity contribution in [3.8, 4) is 0 Å². The lowest BCUT2D eigenvalue weighted by Crippen LogP contribution is -2.29. The first kappa shape index (κ1) is 12.4. The van der Waals surface area contributed by atoms with Gasteiger partial charge in [-0.3, -0.25) is 0 Å². The van der Waals surface area contributed by atoms with Crippen LogP contribution in [0.1, 0.15) is 18.4 Å². The molecule has 0 bridgehead atoms. The lowest BCUT2D eigenvalue weighted by atomic mass is 9.90. The number of rotatable bonds is 3. The number of benzene rings is 1. The summed E-state index contributed by atoms with van der Waals surface area (Å²) in [5.41, 5.74) is 1.90. The van der Waals surface area contributed by atoms with Crippen LogP contribution in [0.2, 0.25) is 0 Å². The molecule has 1 saturated heterocycles. The van der Waals surface area contributed by atoms with Crippen LogP contribution in [0.4, 0.5) is 10.1 Å². The Labute approximate surface area is 103 Å². The van der Waals surface area contributed by atoms with Crippen molar-refractivity contribution in [1.82, 2.24) is 5.32 Å². The minimum Gasteiger partial charge on any atom is -0.377 e. The highest BCUT2D eigenvalue weighted by Gasteiger charge is 2.18. The molecule has 0 radical (unpaired) electrons. The summed E-state index contributed by atoms with van der Waals surface area (Å²) in [7, 11) is 3.95. The normalized spacial score (nSPS) is 17.1. The molecule has 3 heteroatoms. The maximum absolute atomic E-state index is 13.9. The average molecular weight is 236 g/mol. The van der Waals surface area contributed by atoms with Crippen molar-refractivity contribution >= 4 is 5.69 Å². The molecule has 0 atom stereocenters. The van der Waals surface area contributed by atoms with E-state index in [1.54, 1.807) is 12.1 Å². The second-order valence-electron chi connectivity index (χ2n) is 5.03. The molecule has 0 aromatic heterocycles. The van der Waals surface area contributed by atoms with Gasteiger partial charge in [-0.2, -0.15) is 0 Å². The number of halogens is 1. The zero-order chi connectivity index (χ0) is 12.3. The topological polar surface area (TPSA) is 15.3 Å². The summed E-state index contributed by atoms with van der Waals surface area (Å²) in [6.07, 6.45) is 3.17. The van der Waals surface area contributed by atoms with Crippen LogP contribution in [0.15, 0.2) is 18.2 Å². The molecule has 0 aliphatic carbocycles. The van der Waals surface area contributed by atoms with Crippen molar-refractivity contribution in [3.05, 3.63) is 29.6 Å². The Kier molecular flexibility index (Phi) is 4.00. The number of hydrogen-bond donors (Lipinski definition) is 1. The second-order valence-corrected chi connectivity index (χ2v) is 5.03. The zero-order valence-electron chi connectivity index (χ0n) is 10.7. The van der Waals surface area contributed by atoms with Crippen LogP contribution in [-0.4, -0.2) is 27.2 Å². The number of hydrogen-bond acceptors (Lipinski definition) is 2. The van der Waals surface area contributed by atoms with Crippen LogP contribution in [0.25, 0.3) is 0 Å². The molecule has 94 valence electrons. The third kappa shape index (κ3) is 2.97. The van der Waals surface area contributed by atoms with Gasteiger partial charge < -0.3 is 10.2 Å². The molecule has 17 heavy (non-hydrogen) atoms. The quantitative estimate of drug-likeness (QED) is 0.867. The summed E-state index contributed by atoms with van der Waals surface area (Å²) >= 11 is 0. The molecule has 0 spiro atoms. The lowest BCUT2D eigenvalue weighted by molar-refractivity contribution is 0.368. The summed E-state index contributed by atoms with van der Waals surface area (Å²) in [6.45, 7) is 2.13. The summed E-state index contributed by atoms with van der Waals surface area (Å²) < 4.78 is 13.9. The molecule has 0 unspecified atom stereocenters. The van der Waals surface area contributed by atoms with E-state index >= 15 is 0 Å². The summed E-state index contributed by atoms with van der Waals surface area (Å²) in [6, 6.07) is 5.36. The van der Waals surface area contributed by atoms with Crippen LogP contribution in [0.3, 0.4) is 0 Å². The van der Waals surface area contributed by atoms with Gasteiger partial charge in [0.1, 0.15) is 5.82 Å². The largest absolute Gasteiger partial charge is 0.377 e. The first-order valence-corrected chi connectivity index (χ1v) is 6.34. The predicted molar refractivity (Wildman–Crippen MR) is 70.0 cm³/mol. The Morgan fingerprint density at radius 1 is 1.29 bits per heavy atom. The number of nitrogens with zero attached hydrogens (tertiary/aromatic N) is 1. The Bertz CT molecular complexity index is 370. The van der Waals surface area contributed by atoms with Crippen LogP contribution in [-0.2, 0) is 6.42 Å². The Balaban J connectivity index is 2.18. The van der Waals surface area contributed by atoms with E-state index in [4.69, 9.17) is 0 Å². The van der Waals surface area contributed by atoms with E-state index in [-0.39, 0.29) is 5.82 Å². The van der Waals surface area contributed by atoms with E-state index in [0.29, 0.717) is 5.92 Å². The van der Waals surface area contributed by atoms with Gasteiger partial charge in [-0.25, -0.2) is 4.39 Å². The number of nitrogens with one attached hydrogen (secondary N) is 1. The molecule has 0 saturated carbocycles. The van der Waals surface area contributed by atoms with Crippen molar-refractivity contribution in [2.45, 2.75) is 19.3 Å². The van der Waals surface area contributed by atoms with Crippen molar-refractivity contribution in [2.75, 3.05) is 32.1 Å². The van der Waals surface area contributed by atoms with E-state index in [9.17, 15) is 4.39 Å². The van der Waals surface area contributed by atoms with E-state index in [1.807, 2.05) is 25.1 Å². The smallest absolute Gasteiger partial charge is 0.128 e.